The van der Waals surface area contributed by atoms with Gasteiger partial charge in [-0.2, -0.15) is 0 Å². The Morgan fingerprint density at radius 3 is 2.50 bits per heavy atom. The van der Waals surface area contributed by atoms with Crippen LogP contribution in [-0.4, -0.2) is 39.8 Å². The summed E-state index contributed by atoms with van der Waals surface area (Å²) in [6.45, 7) is 2.10. The summed E-state index contributed by atoms with van der Waals surface area (Å²) in [5.74, 6) is 0.716. The Kier molecular flexibility index (Phi) is 8.11. The molecule has 0 aliphatic heterocycles. The molecule has 0 aliphatic carbocycles. The maximum atomic E-state index is 10.8. The third-order valence-electron chi connectivity index (χ3n) is 2.10. The topological polar surface area (TPSA) is 44.8 Å². The van der Waals surface area contributed by atoms with E-state index in [1.165, 1.54) is 0 Å². The number of hydrogen-bond donors (Lipinski definition) is 0. The van der Waals surface area contributed by atoms with Gasteiger partial charge in [-0.25, -0.2) is 0 Å². The average molecular weight is 476 g/mol. The van der Waals surface area contributed by atoms with Crippen LogP contribution in [0.25, 0.3) is 0 Å². The second-order valence-electron chi connectivity index (χ2n) is 3.38. The van der Waals surface area contributed by atoms with Gasteiger partial charge in [0.15, 0.2) is 6.29 Å². The molecule has 1 rings (SSSR count). The minimum Gasteiger partial charge on any atom is -0.490 e. The van der Waals surface area contributed by atoms with Crippen molar-refractivity contribution in [3.05, 3.63) is 24.8 Å². The number of methoxy groups -OCH3 is 1. The summed E-state index contributed by atoms with van der Waals surface area (Å²) in [5.41, 5.74) is 0.645. The molecular formula is C12H14I2O4. The molecule has 0 amide bonds. The SMILES string of the molecule is COCCOCCOc1cc(C=O)c(I)cc1I. The van der Waals surface area contributed by atoms with Gasteiger partial charge < -0.3 is 14.2 Å². The first-order chi connectivity index (χ1) is 8.69. The molecule has 100 valence electrons. The first-order valence-corrected chi connectivity index (χ1v) is 7.48. The van der Waals surface area contributed by atoms with Crippen LogP contribution in [0.3, 0.4) is 0 Å². The van der Waals surface area contributed by atoms with E-state index in [0.29, 0.717) is 37.7 Å². The zero-order chi connectivity index (χ0) is 13.4. The molecule has 0 saturated carbocycles. The van der Waals surface area contributed by atoms with Crippen molar-refractivity contribution in [2.75, 3.05) is 33.5 Å². The van der Waals surface area contributed by atoms with Crippen molar-refractivity contribution in [1.82, 2.24) is 0 Å². The summed E-state index contributed by atoms with van der Waals surface area (Å²) in [6.07, 6.45) is 0.833. The van der Waals surface area contributed by atoms with Crippen LogP contribution in [0.1, 0.15) is 10.4 Å². The van der Waals surface area contributed by atoms with Gasteiger partial charge in [0.05, 0.1) is 23.4 Å². The molecule has 1 aromatic rings. The molecule has 4 nitrogen and oxygen atoms in total. The molecule has 0 atom stereocenters. The lowest BCUT2D eigenvalue weighted by Gasteiger charge is -2.10. The van der Waals surface area contributed by atoms with Crippen LogP contribution < -0.4 is 4.74 Å². The van der Waals surface area contributed by atoms with Gasteiger partial charge in [-0.1, -0.05) is 0 Å². The van der Waals surface area contributed by atoms with Crippen LogP contribution in [0, 0.1) is 7.14 Å². The number of rotatable bonds is 8. The van der Waals surface area contributed by atoms with Crippen molar-refractivity contribution in [3.63, 3.8) is 0 Å². The monoisotopic (exact) mass is 476 g/mol. The fraction of sp³-hybridized carbons (Fsp3) is 0.417. The van der Waals surface area contributed by atoms with E-state index in [9.17, 15) is 4.79 Å². The van der Waals surface area contributed by atoms with E-state index in [-0.39, 0.29) is 0 Å². The van der Waals surface area contributed by atoms with Gasteiger partial charge in [-0.3, -0.25) is 4.79 Å². The number of ether oxygens (including phenoxy) is 3. The number of benzene rings is 1. The predicted octanol–water partition coefficient (Wildman–Crippen LogP) is 2.75. The Labute approximate surface area is 134 Å². The average Bonchev–Trinajstić information content (AvgIpc) is 2.36. The second-order valence-corrected chi connectivity index (χ2v) is 5.70. The van der Waals surface area contributed by atoms with E-state index < -0.39 is 0 Å². The van der Waals surface area contributed by atoms with Gasteiger partial charge in [0.1, 0.15) is 12.4 Å². The zero-order valence-electron chi connectivity index (χ0n) is 9.95. The number of halogens is 2. The lowest BCUT2D eigenvalue weighted by atomic mass is 10.2. The van der Waals surface area contributed by atoms with Gasteiger partial charge in [-0.15, -0.1) is 0 Å². The van der Waals surface area contributed by atoms with E-state index >= 15 is 0 Å². The molecule has 0 aliphatic rings. The van der Waals surface area contributed by atoms with Crippen LogP contribution in [0.5, 0.6) is 5.75 Å². The highest BCUT2D eigenvalue weighted by Crippen LogP contribution is 2.25. The first-order valence-electron chi connectivity index (χ1n) is 5.32. The van der Waals surface area contributed by atoms with Crippen LogP contribution in [0.2, 0.25) is 0 Å². The summed E-state index contributed by atoms with van der Waals surface area (Å²) in [6, 6.07) is 3.68. The van der Waals surface area contributed by atoms with E-state index in [0.717, 1.165) is 13.4 Å². The summed E-state index contributed by atoms with van der Waals surface area (Å²) < 4.78 is 17.6. The fourth-order valence-electron chi connectivity index (χ4n) is 1.20. The Morgan fingerprint density at radius 2 is 1.83 bits per heavy atom. The Balaban J connectivity index is 2.44. The molecule has 0 N–H and O–H groups in total. The molecule has 0 fully saturated rings. The Morgan fingerprint density at radius 1 is 1.11 bits per heavy atom. The van der Waals surface area contributed by atoms with E-state index in [2.05, 4.69) is 45.2 Å². The molecule has 0 bridgehead atoms. The Bertz CT molecular complexity index is 396. The summed E-state index contributed by atoms with van der Waals surface area (Å²) >= 11 is 4.32. The molecule has 0 radical (unpaired) electrons. The smallest absolute Gasteiger partial charge is 0.151 e. The number of aldehydes is 1. The van der Waals surface area contributed by atoms with Crippen molar-refractivity contribution in [2.45, 2.75) is 0 Å². The highest BCUT2D eigenvalue weighted by atomic mass is 127. The maximum Gasteiger partial charge on any atom is 0.151 e. The molecule has 1 aromatic carbocycles. The summed E-state index contributed by atoms with van der Waals surface area (Å²) in [5, 5.41) is 0. The van der Waals surface area contributed by atoms with Crippen molar-refractivity contribution in [3.8, 4) is 5.75 Å². The number of hydrogen-bond acceptors (Lipinski definition) is 4. The summed E-state index contributed by atoms with van der Waals surface area (Å²) in [7, 11) is 1.63. The third-order valence-corrected chi connectivity index (χ3v) is 3.87. The van der Waals surface area contributed by atoms with Crippen LogP contribution in [0.15, 0.2) is 12.1 Å². The normalized spacial score (nSPS) is 10.4. The third kappa shape index (κ3) is 5.37. The molecular weight excluding hydrogens is 462 g/mol. The number of carbonyl (C=O) groups excluding carboxylic acids is 1. The van der Waals surface area contributed by atoms with Crippen molar-refractivity contribution in [2.24, 2.45) is 0 Å². The van der Waals surface area contributed by atoms with Crippen LogP contribution in [-0.2, 0) is 9.47 Å². The first kappa shape index (κ1) is 16.1. The van der Waals surface area contributed by atoms with E-state index in [1.807, 2.05) is 6.07 Å². The molecule has 0 heterocycles. The molecule has 0 aromatic heterocycles. The van der Waals surface area contributed by atoms with Gasteiger partial charge in [0.25, 0.3) is 0 Å². The van der Waals surface area contributed by atoms with Crippen molar-refractivity contribution < 1.29 is 19.0 Å². The van der Waals surface area contributed by atoms with E-state index in [1.54, 1.807) is 13.2 Å². The molecule has 0 saturated heterocycles. The highest BCUT2D eigenvalue weighted by Gasteiger charge is 2.07. The zero-order valence-corrected chi connectivity index (χ0v) is 14.3. The number of carbonyl (C=O) groups is 1. The second kappa shape index (κ2) is 9.05. The molecule has 0 unspecified atom stereocenters. The van der Waals surface area contributed by atoms with Gasteiger partial charge in [-0.05, 0) is 57.3 Å². The molecule has 18 heavy (non-hydrogen) atoms. The van der Waals surface area contributed by atoms with Gasteiger partial charge in [0.2, 0.25) is 0 Å². The van der Waals surface area contributed by atoms with Gasteiger partial charge >= 0.3 is 0 Å². The lowest BCUT2D eigenvalue weighted by molar-refractivity contribution is 0.0543. The fourth-order valence-corrected chi connectivity index (χ4v) is 3.01. The molecule has 6 heteroatoms. The minimum atomic E-state index is 0.457. The lowest BCUT2D eigenvalue weighted by Crippen LogP contribution is -2.10. The van der Waals surface area contributed by atoms with Crippen LogP contribution >= 0.6 is 45.2 Å². The van der Waals surface area contributed by atoms with E-state index in [4.69, 9.17) is 14.2 Å². The maximum absolute atomic E-state index is 10.8. The van der Waals surface area contributed by atoms with Crippen molar-refractivity contribution >= 4 is 51.5 Å². The van der Waals surface area contributed by atoms with Gasteiger partial charge in [0, 0.05) is 16.2 Å². The summed E-state index contributed by atoms with van der Waals surface area (Å²) in [4.78, 5) is 10.8. The van der Waals surface area contributed by atoms with Crippen LogP contribution in [0.4, 0.5) is 0 Å². The predicted molar refractivity (Wildman–Crippen MR) is 85.5 cm³/mol. The van der Waals surface area contributed by atoms with Crippen molar-refractivity contribution in [1.29, 1.82) is 0 Å². The minimum absolute atomic E-state index is 0.457. The largest absolute Gasteiger partial charge is 0.490 e. The molecule has 0 spiro atoms. The Hall–Kier alpha value is 0.0700. The quantitative estimate of drug-likeness (QED) is 0.329. The highest BCUT2D eigenvalue weighted by molar-refractivity contribution is 14.1. The standard InChI is InChI=1S/C12H14I2O4/c1-16-2-3-17-4-5-18-12-6-9(8-15)10(13)7-11(12)14/h6-8H,2-5H2,1H3.